The van der Waals surface area contributed by atoms with Crippen molar-refractivity contribution in [3.05, 3.63) is 29.2 Å². The van der Waals surface area contributed by atoms with Crippen LogP contribution in [0.5, 0.6) is 0 Å². The van der Waals surface area contributed by atoms with Gasteiger partial charge < -0.3 is 5.73 Å². The molecule has 0 unspecified atom stereocenters. The summed E-state index contributed by atoms with van der Waals surface area (Å²) in [5, 5.41) is 1.21. The molecule has 2 aromatic heterocycles. The molecule has 88 valence electrons. The van der Waals surface area contributed by atoms with E-state index >= 15 is 0 Å². The number of nitrogens with two attached hydrogens (primary N) is 1. The van der Waals surface area contributed by atoms with Crippen molar-refractivity contribution in [1.82, 2.24) is 19.9 Å². The molecule has 0 aliphatic carbocycles. The van der Waals surface area contributed by atoms with Crippen molar-refractivity contribution >= 4 is 17.6 Å². The zero-order valence-electron chi connectivity index (χ0n) is 9.93. The number of aryl methyl sites for hydroxylation is 2. The molecule has 0 spiro atoms. The lowest BCUT2D eigenvalue weighted by Crippen LogP contribution is -1.99. The molecule has 0 saturated heterocycles. The average molecular weight is 247 g/mol. The zero-order valence-corrected chi connectivity index (χ0v) is 10.7. The van der Waals surface area contributed by atoms with E-state index in [-0.39, 0.29) is 0 Å². The molecule has 2 rings (SSSR count). The van der Waals surface area contributed by atoms with E-state index in [0.29, 0.717) is 16.1 Å². The first-order valence-electron chi connectivity index (χ1n) is 5.14. The van der Waals surface area contributed by atoms with Gasteiger partial charge in [0.1, 0.15) is 5.82 Å². The number of nitrogen functional groups attached to an aromatic ring is 1. The topological polar surface area (TPSA) is 77.6 Å². The number of aromatic nitrogens is 4. The lowest BCUT2D eigenvalue weighted by atomic mass is 10.2. The second-order valence-electron chi connectivity index (χ2n) is 3.67. The Bertz CT molecular complexity index is 532. The lowest BCUT2D eigenvalue weighted by molar-refractivity contribution is 0.870. The summed E-state index contributed by atoms with van der Waals surface area (Å²) in [6, 6.07) is 1.65. The van der Waals surface area contributed by atoms with Gasteiger partial charge in [-0.2, -0.15) is 0 Å². The highest BCUT2D eigenvalue weighted by atomic mass is 32.2. The van der Waals surface area contributed by atoms with Gasteiger partial charge in [0.25, 0.3) is 0 Å². The van der Waals surface area contributed by atoms with E-state index in [0.717, 1.165) is 17.0 Å². The molecule has 0 aromatic carbocycles. The van der Waals surface area contributed by atoms with E-state index in [1.165, 1.54) is 11.8 Å². The molecular weight excluding hydrogens is 234 g/mol. The highest BCUT2D eigenvalue weighted by Crippen LogP contribution is 2.22. The van der Waals surface area contributed by atoms with Gasteiger partial charge in [0.2, 0.25) is 0 Å². The summed E-state index contributed by atoms with van der Waals surface area (Å²) in [6.07, 6.45) is 1.62. The van der Waals surface area contributed by atoms with Crippen molar-refractivity contribution in [2.75, 3.05) is 5.73 Å². The number of hydrogen-bond donors (Lipinski definition) is 1. The third kappa shape index (κ3) is 2.71. The van der Waals surface area contributed by atoms with Crippen molar-refractivity contribution in [2.24, 2.45) is 0 Å². The number of rotatable bonds is 2. The van der Waals surface area contributed by atoms with Crippen LogP contribution in [0.25, 0.3) is 0 Å². The van der Waals surface area contributed by atoms with Gasteiger partial charge in [-0.25, -0.2) is 19.9 Å². The molecule has 0 atom stereocenters. The maximum Gasteiger partial charge on any atom is 0.197 e. The van der Waals surface area contributed by atoms with Gasteiger partial charge in [-0.15, -0.1) is 0 Å². The van der Waals surface area contributed by atoms with E-state index in [9.17, 15) is 0 Å². The molecule has 5 nitrogen and oxygen atoms in total. The molecule has 2 heterocycles. The Kier molecular flexibility index (Phi) is 3.23. The van der Waals surface area contributed by atoms with E-state index < -0.39 is 0 Å². The third-order valence-corrected chi connectivity index (χ3v) is 3.19. The minimum Gasteiger partial charge on any atom is -0.384 e. The van der Waals surface area contributed by atoms with Crippen LogP contribution in [0.15, 0.2) is 22.6 Å². The van der Waals surface area contributed by atoms with Crippen LogP contribution in [0.3, 0.4) is 0 Å². The molecule has 0 saturated carbocycles. The molecule has 2 N–H and O–H groups in total. The molecule has 2 aromatic rings. The molecule has 0 fully saturated rings. The van der Waals surface area contributed by atoms with Crippen LogP contribution in [-0.2, 0) is 0 Å². The number of anilines is 1. The summed E-state index contributed by atoms with van der Waals surface area (Å²) < 4.78 is 0. The smallest absolute Gasteiger partial charge is 0.197 e. The molecule has 6 heteroatoms. The Morgan fingerprint density at radius 1 is 1.00 bits per heavy atom. The molecule has 17 heavy (non-hydrogen) atoms. The van der Waals surface area contributed by atoms with Crippen LogP contribution >= 0.6 is 11.8 Å². The summed E-state index contributed by atoms with van der Waals surface area (Å²) in [4.78, 5) is 17.0. The van der Waals surface area contributed by atoms with Gasteiger partial charge in [0, 0.05) is 17.6 Å². The van der Waals surface area contributed by atoms with Gasteiger partial charge in [-0.1, -0.05) is 0 Å². The first kappa shape index (κ1) is 11.8. The quantitative estimate of drug-likeness (QED) is 0.817. The first-order valence-corrected chi connectivity index (χ1v) is 5.96. The second kappa shape index (κ2) is 4.67. The van der Waals surface area contributed by atoms with Crippen LogP contribution in [0.2, 0.25) is 0 Å². The fraction of sp³-hybridized carbons (Fsp3) is 0.273. The average Bonchev–Trinajstić information content (AvgIpc) is 2.26. The van der Waals surface area contributed by atoms with Crippen LogP contribution in [0.4, 0.5) is 5.82 Å². The molecule has 0 bridgehead atoms. The summed E-state index contributed by atoms with van der Waals surface area (Å²) in [7, 11) is 0. The first-order chi connectivity index (χ1) is 8.06. The highest BCUT2D eigenvalue weighted by molar-refractivity contribution is 7.99. The summed E-state index contributed by atoms with van der Waals surface area (Å²) >= 11 is 1.31. The van der Waals surface area contributed by atoms with Crippen molar-refractivity contribution < 1.29 is 0 Å². The fourth-order valence-electron chi connectivity index (χ4n) is 1.27. The highest BCUT2D eigenvalue weighted by Gasteiger charge is 2.08. The van der Waals surface area contributed by atoms with E-state index in [2.05, 4.69) is 19.9 Å². The lowest BCUT2D eigenvalue weighted by Gasteiger charge is -2.05. The maximum absolute atomic E-state index is 5.59. The van der Waals surface area contributed by atoms with Gasteiger partial charge in [0.15, 0.2) is 10.3 Å². The molecule has 0 amide bonds. The predicted molar refractivity (Wildman–Crippen MR) is 66.8 cm³/mol. The Morgan fingerprint density at radius 2 is 1.65 bits per heavy atom. The van der Waals surface area contributed by atoms with Crippen LogP contribution in [0, 0.1) is 20.8 Å². The number of nitrogens with zero attached hydrogens (tertiary/aromatic N) is 4. The standard InChI is InChI=1S/C11H13N5S/c1-6-7(2)14-11(15-8(6)3)17-10-13-5-4-9(12)16-10/h4-5H,1-3H3,(H2,12,13,16). The summed E-state index contributed by atoms with van der Waals surface area (Å²) in [5.74, 6) is 0.447. The van der Waals surface area contributed by atoms with Gasteiger partial charge in [-0.3, -0.25) is 0 Å². The molecule has 0 radical (unpaired) electrons. The van der Waals surface area contributed by atoms with Gasteiger partial charge in [0.05, 0.1) is 0 Å². The maximum atomic E-state index is 5.59. The second-order valence-corrected chi connectivity index (χ2v) is 4.60. The number of hydrogen-bond acceptors (Lipinski definition) is 6. The van der Waals surface area contributed by atoms with Gasteiger partial charge in [-0.05, 0) is 44.2 Å². The zero-order chi connectivity index (χ0) is 12.4. The minimum atomic E-state index is 0.447. The Balaban J connectivity index is 2.31. The monoisotopic (exact) mass is 247 g/mol. The van der Waals surface area contributed by atoms with Crippen molar-refractivity contribution in [3.63, 3.8) is 0 Å². The molecular formula is C11H13N5S. The predicted octanol–water partition coefficient (Wildman–Crippen LogP) is 1.93. The third-order valence-electron chi connectivity index (χ3n) is 2.45. The van der Waals surface area contributed by atoms with E-state index in [1.807, 2.05) is 20.8 Å². The SMILES string of the molecule is Cc1nc(Sc2nccc(N)n2)nc(C)c1C. The summed E-state index contributed by atoms with van der Waals surface area (Å²) in [5.41, 5.74) is 8.66. The van der Waals surface area contributed by atoms with Gasteiger partial charge >= 0.3 is 0 Å². The Hall–Kier alpha value is -1.69. The van der Waals surface area contributed by atoms with Crippen LogP contribution in [-0.4, -0.2) is 19.9 Å². The normalized spacial score (nSPS) is 10.5. The minimum absolute atomic E-state index is 0.447. The van der Waals surface area contributed by atoms with Crippen LogP contribution < -0.4 is 5.73 Å². The van der Waals surface area contributed by atoms with Crippen LogP contribution in [0.1, 0.15) is 17.0 Å². The van der Waals surface area contributed by atoms with Crippen molar-refractivity contribution in [3.8, 4) is 0 Å². The molecule has 0 aliphatic heterocycles. The summed E-state index contributed by atoms with van der Waals surface area (Å²) in [6.45, 7) is 5.94. The van der Waals surface area contributed by atoms with Crippen molar-refractivity contribution in [1.29, 1.82) is 0 Å². The van der Waals surface area contributed by atoms with E-state index in [4.69, 9.17) is 5.73 Å². The van der Waals surface area contributed by atoms with Crippen molar-refractivity contribution in [2.45, 2.75) is 31.1 Å². The Morgan fingerprint density at radius 3 is 2.24 bits per heavy atom. The largest absolute Gasteiger partial charge is 0.384 e. The Labute approximate surface area is 104 Å². The van der Waals surface area contributed by atoms with E-state index in [1.54, 1.807) is 12.3 Å². The molecule has 0 aliphatic rings. The fourth-order valence-corrected chi connectivity index (χ4v) is 2.06.